The van der Waals surface area contributed by atoms with Crippen molar-refractivity contribution >= 4 is 17.5 Å². The van der Waals surface area contributed by atoms with Crippen LogP contribution in [0.25, 0.3) is 0 Å². The van der Waals surface area contributed by atoms with Crippen molar-refractivity contribution in [2.45, 2.75) is 38.0 Å². The number of anilines is 1. The molecule has 1 fully saturated rings. The van der Waals surface area contributed by atoms with Crippen molar-refractivity contribution in [3.05, 3.63) is 82.4 Å². The number of hydrogen-bond donors (Lipinski definition) is 2. The van der Waals surface area contributed by atoms with Gasteiger partial charge in [-0.15, -0.1) is 0 Å². The Balaban J connectivity index is 1.62. The van der Waals surface area contributed by atoms with E-state index in [1.54, 1.807) is 5.32 Å². The molecule has 1 saturated carbocycles. The van der Waals surface area contributed by atoms with Crippen LogP contribution >= 0.6 is 0 Å². The highest BCUT2D eigenvalue weighted by molar-refractivity contribution is 6.06. The maximum Gasteiger partial charge on any atom is 0.416 e. The number of hydrogen-bond acceptors (Lipinski definition) is 4. The SMILES string of the molecule is Cc1cc(F)ccc1Oc1cc(C2CC2)c(C(F)(F)F)cc1C(=O)Nc1ccc(F)c(OCC(=O)NCC(F)(F)F)c1. The number of rotatable bonds is 9. The highest BCUT2D eigenvalue weighted by Crippen LogP contribution is 2.48. The maximum absolute atomic E-state index is 14.2. The van der Waals surface area contributed by atoms with Crippen LogP contribution in [0, 0.1) is 18.6 Å². The summed E-state index contributed by atoms with van der Waals surface area (Å²) in [5, 5.41) is 3.85. The molecule has 2 amide bonds. The average Bonchev–Trinajstić information content (AvgIpc) is 3.73. The van der Waals surface area contributed by atoms with Crippen LogP contribution in [0.15, 0.2) is 48.5 Å². The number of ether oxygens (including phenoxy) is 2. The third-order valence-electron chi connectivity index (χ3n) is 6.11. The van der Waals surface area contributed by atoms with E-state index in [1.807, 2.05) is 0 Å². The molecule has 0 atom stereocenters. The Labute approximate surface area is 233 Å². The van der Waals surface area contributed by atoms with Gasteiger partial charge < -0.3 is 20.1 Å². The summed E-state index contributed by atoms with van der Waals surface area (Å²) >= 11 is 0. The molecule has 0 heterocycles. The largest absolute Gasteiger partial charge is 0.481 e. The van der Waals surface area contributed by atoms with Gasteiger partial charge in [-0.3, -0.25) is 9.59 Å². The Hall–Kier alpha value is -4.36. The minimum absolute atomic E-state index is 0.0601. The van der Waals surface area contributed by atoms with Crippen LogP contribution < -0.4 is 20.1 Å². The topological polar surface area (TPSA) is 76.7 Å². The van der Waals surface area contributed by atoms with E-state index in [1.165, 1.54) is 13.0 Å². The number of amides is 2. The van der Waals surface area contributed by atoms with E-state index in [4.69, 9.17) is 9.47 Å². The van der Waals surface area contributed by atoms with Crippen molar-refractivity contribution in [3.63, 3.8) is 0 Å². The molecule has 4 rings (SSSR count). The van der Waals surface area contributed by atoms with Gasteiger partial charge in [-0.05, 0) is 79.3 Å². The highest BCUT2D eigenvalue weighted by atomic mass is 19.4. The van der Waals surface area contributed by atoms with Gasteiger partial charge in [0.25, 0.3) is 11.8 Å². The summed E-state index contributed by atoms with van der Waals surface area (Å²) in [6.45, 7) is -1.11. The zero-order valence-corrected chi connectivity index (χ0v) is 21.7. The quantitative estimate of drug-likeness (QED) is 0.253. The predicted octanol–water partition coefficient (Wildman–Crippen LogP) is 7.27. The van der Waals surface area contributed by atoms with Crippen LogP contribution in [-0.2, 0) is 11.0 Å². The van der Waals surface area contributed by atoms with E-state index < -0.39 is 65.8 Å². The number of carbonyl (C=O) groups excluding carboxylic acids is 2. The first kappa shape index (κ1) is 30.6. The third-order valence-corrected chi connectivity index (χ3v) is 6.11. The summed E-state index contributed by atoms with van der Waals surface area (Å²) in [5.74, 6) is -5.04. The van der Waals surface area contributed by atoms with Crippen molar-refractivity contribution in [3.8, 4) is 17.2 Å². The molecule has 6 nitrogen and oxygen atoms in total. The third kappa shape index (κ3) is 7.89. The fourth-order valence-electron chi connectivity index (χ4n) is 3.96. The number of nitrogens with one attached hydrogen (secondary N) is 2. The summed E-state index contributed by atoms with van der Waals surface area (Å²) in [7, 11) is 0. The van der Waals surface area contributed by atoms with Crippen molar-refractivity contribution in [2.24, 2.45) is 0 Å². The van der Waals surface area contributed by atoms with Gasteiger partial charge in [0.15, 0.2) is 18.2 Å². The molecule has 0 aromatic heterocycles. The number of benzene rings is 3. The first-order chi connectivity index (χ1) is 19.6. The molecule has 2 N–H and O–H groups in total. The van der Waals surface area contributed by atoms with Crippen LogP contribution in [0.2, 0.25) is 0 Å². The summed E-state index contributed by atoms with van der Waals surface area (Å²) in [6, 6.07) is 8.02. The van der Waals surface area contributed by atoms with E-state index in [-0.39, 0.29) is 28.7 Å². The highest BCUT2D eigenvalue weighted by Gasteiger charge is 2.40. The first-order valence-electron chi connectivity index (χ1n) is 12.4. The van der Waals surface area contributed by atoms with Crippen molar-refractivity contribution in [2.75, 3.05) is 18.5 Å². The van der Waals surface area contributed by atoms with Crippen LogP contribution in [-0.4, -0.2) is 31.1 Å². The lowest BCUT2D eigenvalue weighted by Crippen LogP contribution is -2.36. The standard InChI is InChI=1S/C28H22F8N2O4/c1-14-8-16(29)4-7-22(14)42-23-11-18(15-2-3-15)20(28(34,35)36)10-19(23)26(40)38-17-5-6-21(30)24(9-17)41-12-25(39)37-13-27(31,32)33/h4-11,15H,2-3,12-13H2,1H3,(H,37,39)(H,38,40). The second-order valence-corrected chi connectivity index (χ2v) is 9.50. The van der Waals surface area contributed by atoms with Gasteiger partial charge >= 0.3 is 12.4 Å². The number of alkyl halides is 6. The Morgan fingerprint density at radius 2 is 1.62 bits per heavy atom. The first-order valence-corrected chi connectivity index (χ1v) is 12.4. The van der Waals surface area contributed by atoms with Crippen molar-refractivity contribution < 1.29 is 54.2 Å². The minimum atomic E-state index is -4.80. The summed E-state index contributed by atoms with van der Waals surface area (Å²) in [5.41, 5.74) is -1.49. The molecular weight excluding hydrogens is 580 g/mol. The number of carbonyl (C=O) groups is 2. The van der Waals surface area contributed by atoms with Gasteiger partial charge in [-0.1, -0.05) is 0 Å². The van der Waals surface area contributed by atoms with E-state index in [0.717, 1.165) is 36.4 Å². The zero-order chi connectivity index (χ0) is 30.8. The lowest BCUT2D eigenvalue weighted by atomic mass is 9.98. The second-order valence-electron chi connectivity index (χ2n) is 9.50. The molecule has 42 heavy (non-hydrogen) atoms. The number of halogens is 8. The van der Waals surface area contributed by atoms with Crippen LogP contribution in [0.5, 0.6) is 17.2 Å². The van der Waals surface area contributed by atoms with Gasteiger partial charge in [0.2, 0.25) is 0 Å². The monoisotopic (exact) mass is 602 g/mol. The number of aryl methyl sites for hydroxylation is 1. The molecule has 224 valence electrons. The zero-order valence-electron chi connectivity index (χ0n) is 21.7. The molecule has 0 saturated heterocycles. The fourth-order valence-corrected chi connectivity index (χ4v) is 3.96. The lowest BCUT2D eigenvalue weighted by Gasteiger charge is -2.19. The summed E-state index contributed by atoms with van der Waals surface area (Å²) in [4.78, 5) is 24.8. The summed E-state index contributed by atoms with van der Waals surface area (Å²) < 4.78 is 117. The minimum Gasteiger partial charge on any atom is -0.481 e. The molecule has 0 bridgehead atoms. The molecule has 1 aliphatic rings. The van der Waals surface area contributed by atoms with Gasteiger partial charge in [-0.2, -0.15) is 26.3 Å². The molecule has 14 heteroatoms. The van der Waals surface area contributed by atoms with E-state index in [0.29, 0.717) is 24.5 Å². The second kappa shape index (κ2) is 11.9. The lowest BCUT2D eigenvalue weighted by molar-refractivity contribution is -0.139. The maximum atomic E-state index is 14.2. The Morgan fingerprint density at radius 1 is 0.905 bits per heavy atom. The Bertz CT molecular complexity index is 1500. The molecule has 0 radical (unpaired) electrons. The van der Waals surface area contributed by atoms with Crippen LogP contribution in [0.1, 0.15) is 45.8 Å². The van der Waals surface area contributed by atoms with Gasteiger partial charge in [0.05, 0.1) is 11.1 Å². The van der Waals surface area contributed by atoms with Crippen LogP contribution in [0.3, 0.4) is 0 Å². The van der Waals surface area contributed by atoms with Gasteiger partial charge in [0.1, 0.15) is 23.9 Å². The van der Waals surface area contributed by atoms with Gasteiger partial charge in [0, 0.05) is 11.8 Å². The predicted molar refractivity (Wildman–Crippen MR) is 134 cm³/mol. The van der Waals surface area contributed by atoms with E-state index in [2.05, 4.69) is 5.32 Å². The Morgan fingerprint density at radius 3 is 2.24 bits per heavy atom. The molecule has 0 aliphatic heterocycles. The smallest absolute Gasteiger partial charge is 0.416 e. The molecule has 0 spiro atoms. The van der Waals surface area contributed by atoms with E-state index in [9.17, 15) is 44.7 Å². The average molecular weight is 602 g/mol. The molecule has 0 unspecified atom stereocenters. The van der Waals surface area contributed by atoms with Crippen molar-refractivity contribution in [1.82, 2.24) is 5.32 Å². The van der Waals surface area contributed by atoms with Gasteiger partial charge in [-0.25, -0.2) is 8.78 Å². The Kier molecular flexibility index (Phi) is 8.64. The van der Waals surface area contributed by atoms with Crippen molar-refractivity contribution in [1.29, 1.82) is 0 Å². The molecular formula is C28H22F8N2O4. The van der Waals surface area contributed by atoms with E-state index >= 15 is 0 Å². The molecule has 3 aromatic carbocycles. The summed E-state index contributed by atoms with van der Waals surface area (Å²) in [6.07, 6.45) is -8.46. The molecule has 3 aromatic rings. The normalized spacial score (nSPS) is 13.5. The molecule has 1 aliphatic carbocycles. The fraction of sp³-hybridized carbons (Fsp3) is 0.286. The van der Waals surface area contributed by atoms with Crippen LogP contribution in [0.4, 0.5) is 40.8 Å².